The highest BCUT2D eigenvalue weighted by molar-refractivity contribution is 5.83. The fourth-order valence-corrected chi connectivity index (χ4v) is 2.98. The summed E-state index contributed by atoms with van der Waals surface area (Å²) in [5.41, 5.74) is 2.24. The van der Waals surface area contributed by atoms with Crippen molar-refractivity contribution in [2.24, 2.45) is 5.92 Å². The molecule has 144 valence electrons. The lowest BCUT2D eigenvalue weighted by molar-refractivity contribution is -0.144. The van der Waals surface area contributed by atoms with E-state index in [-0.39, 0.29) is 17.9 Å². The van der Waals surface area contributed by atoms with Crippen LogP contribution >= 0.6 is 0 Å². The van der Waals surface area contributed by atoms with Crippen LogP contribution in [0.1, 0.15) is 37.3 Å². The number of carbonyl (C=O) groups excluding carboxylic acids is 2. The quantitative estimate of drug-likeness (QED) is 0.698. The molecule has 2 aromatic rings. The van der Waals surface area contributed by atoms with Crippen LogP contribution in [0.25, 0.3) is 0 Å². The molecule has 0 saturated heterocycles. The van der Waals surface area contributed by atoms with Crippen LogP contribution in [0.15, 0.2) is 60.7 Å². The fourth-order valence-electron chi connectivity index (χ4n) is 2.98. The Kier molecular flexibility index (Phi) is 7.86. The van der Waals surface area contributed by atoms with E-state index >= 15 is 0 Å². The molecule has 0 saturated carbocycles. The minimum Gasteiger partial charge on any atom is -0.467 e. The van der Waals surface area contributed by atoms with Gasteiger partial charge >= 0.3 is 12.0 Å². The van der Waals surface area contributed by atoms with E-state index < -0.39 is 12.0 Å². The van der Waals surface area contributed by atoms with Crippen LogP contribution in [0.3, 0.4) is 0 Å². The number of urea groups is 1. The van der Waals surface area contributed by atoms with E-state index in [2.05, 4.69) is 10.6 Å². The number of methoxy groups -OCH3 is 1. The van der Waals surface area contributed by atoms with Gasteiger partial charge in [-0.2, -0.15) is 0 Å². The second-order valence-electron chi connectivity index (χ2n) is 6.61. The van der Waals surface area contributed by atoms with Gasteiger partial charge in [0.2, 0.25) is 0 Å². The highest BCUT2D eigenvalue weighted by Gasteiger charge is 2.27. The summed E-state index contributed by atoms with van der Waals surface area (Å²) in [6.45, 7) is 4.31. The lowest BCUT2D eigenvalue weighted by atomic mass is 9.91. The normalized spacial score (nSPS) is 12.9. The van der Waals surface area contributed by atoms with Crippen LogP contribution in [-0.2, 0) is 9.53 Å². The Bertz CT molecular complexity index is 679. The molecule has 0 spiro atoms. The lowest BCUT2D eigenvalue weighted by Crippen LogP contribution is -2.50. The van der Waals surface area contributed by atoms with Gasteiger partial charge in [-0.15, -0.1) is 0 Å². The maximum Gasteiger partial charge on any atom is 0.328 e. The summed E-state index contributed by atoms with van der Waals surface area (Å²) in [4.78, 5) is 24.4. The molecule has 2 atom stereocenters. The van der Waals surface area contributed by atoms with E-state index in [1.807, 2.05) is 74.5 Å². The number of nitrogens with one attached hydrogen (secondary N) is 2. The van der Waals surface area contributed by atoms with E-state index in [4.69, 9.17) is 4.74 Å². The van der Waals surface area contributed by atoms with Crippen LogP contribution in [0, 0.1) is 5.92 Å². The van der Waals surface area contributed by atoms with Gasteiger partial charge in [-0.05, 0) is 17.0 Å². The predicted octanol–water partition coefficient (Wildman–Crippen LogP) is 3.71. The smallest absolute Gasteiger partial charge is 0.328 e. The minimum absolute atomic E-state index is 0.0118. The van der Waals surface area contributed by atoms with Crippen molar-refractivity contribution in [1.82, 2.24) is 10.6 Å². The first-order chi connectivity index (χ1) is 13.1. The summed E-state index contributed by atoms with van der Waals surface area (Å²) in [5, 5.41) is 5.66. The molecule has 0 heterocycles. The molecule has 2 N–H and O–H groups in total. The third-order valence-electron chi connectivity index (χ3n) is 4.83. The summed E-state index contributed by atoms with van der Waals surface area (Å²) < 4.78 is 4.82. The third-order valence-corrected chi connectivity index (χ3v) is 4.83. The van der Waals surface area contributed by atoms with Gasteiger partial charge in [0.1, 0.15) is 6.04 Å². The lowest BCUT2D eigenvalue weighted by Gasteiger charge is -2.23. The second kappa shape index (κ2) is 10.4. The monoisotopic (exact) mass is 368 g/mol. The predicted molar refractivity (Wildman–Crippen MR) is 107 cm³/mol. The van der Waals surface area contributed by atoms with E-state index in [1.165, 1.54) is 7.11 Å². The number of esters is 1. The van der Waals surface area contributed by atoms with Gasteiger partial charge in [-0.1, -0.05) is 80.9 Å². The fraction of sp³-hybridized carbons (Fsp3) is 0.364. The van der Waals surface area contributed by atoms with Crippen LogP contribution < -0.4 is 10.6 Å². The Morgan fingerprint density at radius 3 is 1.93 bits per heavy atom. The zero-order valence-corrected chi connectivity index (χ0v) is 16.1. The molecule has 1 unspecified atom stereocenters. The maximum atomic E-state index is 12.4. The van der Waals surface area contributed by atoms with E-state index in [0.29, 0.717) is 6.54 Å². The molecule has 27 heavy (non-hydrogen) atoms. The zero-order valence-electron chi connectivity index (χ0n) is 16.1. The van der Waals surface area contributed by atoms with Gasteiger partial charge in [-0.3, -0.25) is 0 Å². The van der Waals surface area contributed by atoms with Crippen molar-refractivity contribution in [3.8, 4) is 0 Å². The Morgan fingerprint density at radius 2 is 1.48 bits per heavy atom. The van der Waals surface area contributed by atoms with Crippen molar-refractivity contribution >= 4 is 12.0 Å². The topological polar surface area (TPSA) is 67.4 Å². The average Bonchev–Trinajstić information content (AvgIpc) is 2.72. The number of benzene rings is 2. The standard InChI is InChI=1S/C22H28N2O3/c1-4-16(2)20(21(25)27-3)24-22(26)23-15-19(17-11-7-5-8-12-17)18-13-9-6-10-14-18/h5-14,16,19-20H,4,15H2,1-3H3,(H2,23,24,26)/t16?,20-/m0/s1. The summed E-state index contributed by atoms with van der Waals surface area (Å²) in [6, 6.07) is 19.1. The Morgan fingerprint density at radius 1 is 0.963 bits per heavy atom. The summed E-state index contributed by atoms with van der Waals surface area (Å²) in [5.74, 6) is -0.414. The first-order valence-corrected chi connectivity index (χ1v) is 9.28. The van der Waals surface area contributed by atoms with Crippen LogP contribution in [-0.4, -0.2) is 31.7 Å². The number of hydrogen-bond donors (Lipinski definition) is 2. The minimum atomic E-state index is -0.660. The molecule has 5 heteroatoms. The number of carbonyl (C=O) groups is 2. The molecule has 2 rings (SSSR count). The molecule has 2 aromatic carbocycles. The first kappa shape index (κ1) is 20.5. The summed E-state index contributed by atoms with van der Waals surface area (Å²) >= 11 is 0. The Hall–Kier alpha value is -2.82. The Labute approximate surface area is 161 Å². The van der Waals surface area contributed by atoms with Crippen molar-refractivity contribution in [2.45, 2.75) is 32.2 Å². The molecule has 2 amide bonds. The van der Waals surface area contributed by atoms with E-state index in [1.54, 1.807) is 0 Å². The molecule has 5 nitrogen and oxygen atoms in total. The summed E-state index contributed by atoms with van der Waals surface area (Å²) in [7, 11) is 1.33. The van der Waals surface area contributed by atoms with Crippen LogP contribution in [0.2, 0.25) is 0 Å². The molecule has 0 fully saturated rings. The Balaban J connectivity index is 2.08. The molecule has 0 aromatic heterocycles. The zero-order chi connectivity index (χ0) is 19.6. The molecular weight excluding hydrogens is 340 g/mol. The van der Waals surface area contributed by atoms with Gasteiger partial charge in [0.15, 0.2) is 0 Å². The van der Waals surface area contributed by atoms with Crippen molar-refractivity contribution in [1.29, 1.82) is 0 Å². The number of ether oxygens (including phenoxy) is 1. The number of amides is 2. The average molecular weight is 368 g/mol. The largest absolute Gasteiger partial charge is 0.467 e. The third kappa shape index (κ3) is 5.84. The van der Waals surface area contributed by atoms with Gasteiger partial charge in [-0.25, -0.2) is 9.59 Å². The van der Waals surface area contributed by atoms with Gasteiger partial charge in [0.05, 0.1) is 7.11 Å². The molecule has 0 aliphatic rings. The number of rotatable bonds is 8. The van der Waals surface area contributed by atoms with E-state index in [9.17, 15) is 9.59 Å². The first-order valence-electron chi connectivity index (χ1n) is 9.28. The summed E-state index contributed by atoms with van der Waals surface area (Å²) in [6.07, 6.45) is 0.761. The van der Waals surface area contributed by atoms with Crippen molar-refractivity contribution in [3.63, 3.8) is 0 Å². The van der Waals surface area contributed by atoms with Crippen LogP contribution in [0.5, 0.6) is 0 Å². The maximum absolute atomic E-state index is 12.4. The SMILES string of the molecule is CCC(C)[C@H](NC(=O)NCC(c1ccccc1)c1ccccc1)C(=O)OC. The van der Waals surface area contributed by atoms with Crippen molar-refractivity contribution in [3.05, 3.63) is 71.8 Å². The second-order valence-corrected chi connectivity index (χ2v) is 6.61. The number of hydrogen-bond acceptors (Lipinski definition) is 3. The molecule has 0 aliphatic heterocycles. The van der Waals surface area contributed by atoms with Crippen molar-refractivity contribution in [2.75, 3.05) is 13.7 Å². The van der Waals surface area contributed by atoms with Crippen LogP contribution in [0.4, 0.5) is 4.79 Å². The van der Waals surface area contributed by atoms with Gasteiger partial charge in [0, 0.05) is 12.5 Å². The molecule has 0 aliphatic carbocycles. The molecule has 0 bridgehead atoms. The molecule has 0 radical (unpaired) electrons. The van der Waals surface area contributed by atoms with E-state index in [0.717, 1.165) is 17.5 Å². The molecular formula is C22H28N2O3. The van der Waals surface area contributed by atoms with Crippen molar-refractivity contribution < 1.29 is 14.3 Å². The van der Waals surface area contributed by atoms with Gasteiger partial charge in [0.25, 0.3) is 0 Å². The van der Waals surface area contributed by atoms with Gasteiger partial charge < -0.3 is 15.4 Å². The highest BCUT2D eigenvalue weighted by atomic mass is 16.5. The highest BCUT2D eigenvalue weighted by Crippen LogP contribution is 2.23.